The molecular weight excluding hydrogens is 216 g/mol. The van der Waals surface area contributed by atoms with E-state index >= 15 is 0 Å². The van der Waals surface area contributed by atoms with E-state index in [1.54, 1.807) is 30.4 Å². The summed E-state index contributed by atoms with van der Waals surface area (Å²) < 4.78 is 0. The maximum Gasteiger partial charge on any atom is 0.115 e. The zero-order valence-electron chi connectivity index (χ0n) is 8.78. The smallest absolute Gasteiger partial charge is 0.115 e. The molecule has 0 aliphatic heterocycles. The molecule has 0 fully saturated rings. The van der Waals surface area contributed by atoms with Gasteiger partial charge >= 0.3 is 0 Å². The zero-order chi connectivity index (χ0) is 11.1. The van der Waals surface area contributed by atoms with E-state index < -0.39 is 0 Å². The molecule has 0 aliphatic rings. The zero-order valence-corrected chi connectivity index (χ0v) is 9.60. The largest absolute Gasteiger partial charge is 0.260 e. The summed E-state index contributed by atoms with van der Waals surface area (Å²) in [5.74, 6) is 0.910. The van der Waals surface area contributed by atoms with Crippen molar-refractivity contribution in [1.82, 2.24) is 9.97 Å². The fraction of sp³-hybridized carbons (Fsp3) is 0.0769. The van der Waals surface area contributed by atoms with Crippen molar-refractivity contribution in [3.05, 3.63) is 60.6 Å². The van der Waals surface area contributed by atoms with Gasteiger partial charge in [0.2, 0.25) is 0 Å². The van der Waals surface area contributed by atoms with Crippen LogP contribution < -0.4 is 0 Å². The van der Waals surface area contributed by atoms with Crippen LogP contribution in [0.2, 0.25) is 0 Å². The quantitative estimate of drug-likeness (QED) is 0.751. The highest BCUT2D eigenvalue weighted by Gasteiger charge is 1.91. The Morgan fingerprint density at radius 2 is 2.00 bits per heavy atom. The monoisotopic (exact) mass is 228 g/mol. The van der Waals surface area contributed by atoms with E-state index in [9.17, 15) is 0 Å². The average molecular weight is 228 g/mol. The van der Waals surface area contributed by atoms with E-state index in [0.717, 1.165) is 10.8 Å². The Kier molecular flexibility index (Phi) is 4.14. The molecule has 0 amide bonds. The molecule has 0 saturated carbocycles. The topological polar surface area (TPSA) is 25.8 Å². The van der Waals surface area contributed by atoms with Gasteiger partial charge in [-0.25, -0.2) is 4.98 Å². The Bertz CT molecular complexity index is 440. The lowest BCUT2D eigenvalue weighted by Gasteiger charge is -1.95. The van der Waals surface area contributed by atoms with Crippen molar-refractivity contribution in [1.29, 1.82) is 0 Å². The van der Waals surface area contributed by atoms with Gasteiger partial charge in [0, 0.05) is 18.1 Å². The summed E-state index contributed by atoms with van der Waals surface area (Å²) in [7, 11) is 0. The Morgan fingerprint density at radius 1 is 1.12 bits per heavy atom. The van der Waals surface area contributed by atoms with E-state index in [2.05, 4.69) is 34.3 Å². The Balaban J connectivity index is 1.83. The SMILES string of the molecule is C(=Cc1ccccc1)CSc1cnccn1. The van der Waals surface area contributed by atoms with Gasteiger partial charge in [0.25, 0.3) is 0 Å². The third-order valence-electron chi connectivity index (χ3n) is 1.98. The molecule has 0 unspecified atom stereocenters. The van der Waals surface area contributed by atoms with Gasteiger partial charge in [0.05, 0.1) is 6.20 Å². The molecule has 16 heavy (non-hydrogen) atoms. The number of hydrogen-bond acceptors (Lipinski definition) is 3. The minimum absolute atomic E-state index is 0.910. The summed E-state index contributed by atoms with van der Waals surface area (Å²) in [4.78, 5) is 8.20. The number of rotatable bonds is 4. The predicted octanol–water partition coefficient (Wildman–Crippen LogP) is 3.28. The number of hydrogen-bond donors (Lipinski definition) is 0. The molecule has 0 saturated heterocycles. The van der Waals surface area contributed by atoms with Crippen LogP contribution in [0.25, 0.3) is 6.08 Å². The average Bonchev–Trinajstić information content (AvgIpc) is 2.37. The van der Waals surface area contributed by atoms with Gasteiger partial charge in [-0.3, -0.25) is 4.98 Å². The number of nitrogens with zero attached hydrogens (tertiary/aromatic N) is 2. The van der Waals surface area contributed by atoms with Gasteiger partial charge in [0.15, 0.2) is 0 Å². The molecule has 1 heterocycles. The molecule has 2 rings (SSSR count). The molecule has 0 spiro atoms. The Hall–Kier alpha value is -1.61. The molecule has 0 atom stereocenters. The van der Waals surface area contributed by atoms with E-state index in [1.165, 1.54) is 5.56 Å². The summed E-state index contributed by atoms with van der Waals surface area (Å²) in [5.41, 5.74) is 1.22. The van der Waals surface area contributed by atoms with Gasteiger partial charge in [-0.05, 0) is 5.56 Å². The van der Waals surface area contributed by atoms with Crippen molar-refractivity contribution in [3.8, 4) is 0 Å². The van der Waals surface area contributed by atoms with Crippen molar-refractivity contribution in [3.63, 3.8) is 0 Å². The lowest BCUT2D eigenvalue weighted by Crippen LogP contribution is -1.80. The second-order valence-electron chi connectivity index (χ2n) is 3.17. The van der Waals surface area contributed by atoms with Crippen molar-refractivity contribution >= 4 is 17.8 Å². The molecule has 1 aromatic heterocycles. The molecule has 0 N–H and O–H groups in total. The first kappa shape index (κ1) is 10.9. The summed E-state index contributed by atoms with van der Waals surface area (Å²) in [6.07, 6.45) is 9.42. The first-order chi connectivity index (χ1) is 7.95. The molecule has 3 heteroatoms. The van der Waals surface area contributed by atoms with Gasteiger partial charge in [-0.1, -0.05) is 42.5 Å². The second-order valence-corrected chi connectivity index (χ2v) is 4.21. The van der Waals surface area contributed by atoms with Crippen LogP contribution in [-0.4, -0.2) is 15.7 Å². The Morgan fingerprint density at radius 3 is 2.75 bits per heavy atom. The number of benzene rings is 1. The first-order valence-electron chi connectivity index (χ1n) is 5.05. The molecule has 2 aromatic rings. The van der Waals surface area contributed by atoms with Gasteiger partial charge < -0.3 is 0 Å². The summed E-state index contributed by atoms with van der Waals surface area (Å²) in [6, 6.07) is 10.3. The molecule has 1 aromatic carbocycles. The molecule has 2 nitrogen and oxygen atoms in total. The highest BCUT2D eigenvalue weighted by Crippen LogP contribution is 2.13. The lowest BCUT2D eigenvalue weighted by atomic mass is 10.2. The number of aromatic nitrogens is 2. The number of thioether (sulfide) groups is 1. The van der Waals surface area contributed by atoms with E-state index in [4.69, 9.17) is 0 Å². The molecular formula is C13H12N2S. The van der Waals surface area contributed by atoms with E-state index in [1.807, 2.05) is 18.2 Å². The van der Waals surface area contributed by atoms with E-state index in [0.29, 0.717) is 0 Å². The van der Waals surface area contributed by atoms with Gasteiger partial charge in [-0.15, -0.1) is 11.8 Å². The van der Waals surface area contributed by atoms with Crippen LogP contribution in [0, 0.1) is 0 Å². The molecule has 0 bridgehead atoms. The van der Waals surface area contributed by atoms with Gasteiger partial charge in [-0.2, -0.15) is 0 Å². The first-order valence-corrected chi connectivity index (χ1v) is 6.04. The highest BCUT2D eigenvalue weighted by molar-refractivity contribution is 7.99. The van der Waals surface area contributed by atoms with Crippen molar-refractivity contribution in [2.24, 2.45) is 0 Å². The van der Waals surface area contributed by atoms with Crippen LogP contribution in [0.1, 0.15) is 5.56 Å². The fourth-order valence-corrected chi connectivity index (χ4v) is 1.88. The third-order valence-corrected chi connectivity index (χ3v) is 2.84. The van der Waals surface area contributed by atoms with Crippen LogP contribution in [0.3, 0.4) is 0 Å². The van der Waals surface area contributed by atoms with Crippen LogP contribution in [0.15, 0.2) is 60.0 Å². The van der Waals surface area contributed by atoms with Gasteiger partial charge in [0.1, 0.15) is 5.03 Å². The maximum absolute atomic E-state index is 4.19. The maximum atomic E-state index is 4.19. The van der Waals surface area contributed by atoms with Crippen LogP contribution >= 0.6 is 11.8 Å². The fourth-order valence-electron chi connectivity index (χ4n) is 1.24. The van der Waals surface area contributed by atoms with Crippen LogP contribution in [0.5, 0.6) is 0 Å². The third kappa shape index (κ3) is 3.51. The minimum Gasteiger partial charge on any atom is -0.260 e. The highest BCUT2D eigenvalue weighted by atomic mass is 32.2. The summed E-state index contributed by atoms with van der Waals surface area (Å²) >= 11 is 1.68. The van der Waals surface area contributed by atoms with Crippen molar-refractivity contribution in [2.75, 3.05) is 5.75 Å². The van der Waals surface area contributed by atoms with E-state index in [-0.39, 0.29) is 0 Å². The van der Waals surface area contributed by atoms with Crippen LogP contribution in [-0.2, 0) is 0 Å². The van der Waals surface area contributed by atoms with Crippen LogP contribution in [0.4, 0.5) is 0 Å². The summed E-state index contributed by atoms with van der Waals surface area (Å²) in [6.45, 7) is 0. The standard InChI is InChI=1S/C13H12N2S/c1-2-5-12(6-3-1)7-4-10-16-13-11-14-8-9-15-13/h1-9,11H,10H2. The minimum atomic E-state index is 0.910. The molecule has 0 aliphatic carbocycles. The Labute approximate surface area is 99.5 Å². The van der Waals surface area contributed by atoms with Crippen molar-refractivity contribution < 1.29 is 0 Å². The van der Waals surface area contributed by atoms with Crippen molar-refractivity contribution in [2.45, 2.75) is 5.03 Å². The lowest BCUT2D eigenvalue weighted by molar-refractivity contribution is 1.06. The second kappa shape index (κ2) is 6.08. The molecule has 80 valence electrons. The predicted molar refractivity (Wildman–Crippen MR) is 68.2 cm³/mol. The summed E-state index contributed by atoms with van der Waals surface area (Å²) in [5, 5.41) is 0.959. The molecule has 0 radical (unpaired) electrons. The normalized spacial score (nSPS) is 10.8.